The Balaban J connectivity index is 1.55. The second-order valence-corrected chi connectivity index (χ2v) is 10.8. The standard InChI is InChI=1S/C23H32O5/c1-21-8-4-9-23(3,20(26)27)16(21)7-10-22(2)15(21)6-5-12-17(22)14-11-13(19(24)25)18(12)28-14/h13-16,18H,4-11H2,1-3H3,(H,24,25)(H,26,27)/t13-,14-,15?,16?,18+,21+,22+,23?/m0/s1. The highest BCUT2D eigenvalue weighted by Crippen LogP contribution is 2.70. The molecule has 0 amide bonds. The Labute approximate surface area is 166 Å². The number of fused-ring (bicyclic) bond motifs is 8. The van der Waals surface area contributed by atoms with Crippen LogP contribution in [-0.2, 0) is 14.3 Å². The van der Waals surface area contributed by atoms with E-state index in [4.69, 9.17) is 4.74 Å². The summed E-state index contributed by atoms with van der Waals surface area (Å²) in [5.41, 5.74) is 2.13. The molecule has 3 aliphatic carbocycles. The first kappa shape index (κ1) is 18.7. The second-order valence-electron chi connectivity index (χ2n) is 10.8. The van der Waals surface area contributed by atoms with Gasteiger partial charge in [0.1, 0.15) is 0 Å². The summed E-state index contributed by atoms with van der Waals surface area (Å²) in [5, 5.41) is 19.6. The number of hydrogen-bond acceptors (Lipinski definition) is 3. The smallest absolute Gasteiger partial charge is 0.309 e. The molecule has 154 valence electrons. The Hall–Kier alpha value is -1.36. The van der Waals surface area contributed by atoms with E-state index in [9.17, 15) is 19.8 Å². The van der Waals surface area contributed by atoms with Crippen LogP contribution in [0.1, 0.15) is 72.1 Å². The second kappa shape index (κ2) is 5.62. The summed E-state index contributed by atoms with van der Waals surface area (Å²) in [7, 11) is 0. The van der Waals surface area contributed by atoms with Gasteiger partial charge in [0, 0.05) is 0 Å². The van der Waals surface area contributed by atoms with E-state index >= 15 is 0 Å². The largest absolute Gasteiger partial charge is 0.481 e. The molecule has 3 unspecified atom stereocenters. The molecule has 5 heteroatoms. The van der Waals surface area contributed by atoms with Gasteiger partial charge in [-0.1, -0.05) is 20.3 Å². The molecule has 2 saturated carbocycles. The Morgan fingerprint density at radius 1 is 1.04 bits per heavy atom. The van der Waals surface area contributed by atoms with Gasteiger partial charge in [-0.05, 0) is 85.7 Å². The van der Waals surface area contributed by atoms with Gasteiger partial charge in [0.05, 0.1) is 23.5 Å². The van der Waals surface area contributed by atoms with Crippen LogP contribution < -0.4 is 0 Å². The molecule has 5 rings (SSSR count). The van der Waals surface area contributed by atoms with Crippen LogP contribution in [0.25, 0.3) is 0 Å². The summed E-state index contributed by atoms with van der Waals surface area (Å²) in [6.07, 6.45) is 7.13. The summed E-state index contributed by atoms with van der Waals surface area (Å²) in [6.45, 7) is 6.71. The maximum absolute atomic E-state index is 12.2. The van der Waals surface area contributed by atoms with Gasteiger partial charge < -0.3 is 14.9 Å². The van der Waals surface area contributed by atoms with Crippen LogP contribution in [-0.4, -0.2) is 34.4 Å². The molecule has 5 nitrogen and oxygen atoms in total. The molecular formula is C23H32O5. The molecule has 0 aromatic rings. The maximum atomic E-state index is 12.2. The number of carboxylic acid groups (broad SMARTS) is 2. The summed E-state index contributed by atoms with van der Waals surface area (Å²) >= 11 is 0. The van der Waals surface area contributed by atoms with Gasteiger partial charge in [-0.3, -0.25) is 9.59 Å². The summed E-state index contributed by atoms with van der Waals surface area (Å²) in [4.78, 5) is 23.9. The summed E-state index contributed by atoms with van der Waals surface area (Å²) < 4.78 is 6.21. The van der Waals surface area contributed by atoms with Crippen molar-refractivity contribution in [2.24, 2.45) is 34.0 Å². The molecule has 2 heterocycles. The van der Waals surface area contributed by atoms with Crippen molar-refractivity contribution in [3.8, 4) is 0 Å². The molecule has 0 radical (unpaired) electrons. The van der Waals surface area contributed by atoms with Crippen molar-refractivity contribution in [1.82, 2.24) is 0 Å². The molecule has 0 aromatic heterocycles. The van der Waals surface area contributed by atoms with Gasteiger partial charge >= 0.3 is 11.9 Å². The van der Waals surface area contributed by atoms with Crippen LogP contribution in [0, 0.1) is 34.0 Å². The van der Waals surface area contributed by atoms with Crippen molar-refractivity contribution < 1.29 is 24.5 Å². The Morgan fingerprint density at radius 2 is 1.79 bits per heavy atom. The zero-order valence-electron chi connectivity index (χ0n) is 17.2. The molecule has 0 aromatic carbocycles. The molecule has 0 spiro atoms. The average molecular weight is 389 g/mol. The van der Waals surface area contributed by atoms with Gasteiger partial charge in [0.2, 0.25) is 0 Å². The first-order valence-electron chi connectivity index (χ1n) is 11.0. The third-order valence-corrected chi connectivity index (χ3v) is 9.77. The molecule has 3 fully saturated rings. The van der Waals surface area contributed by atoms with Crippen molar-refractivity contribution in [3.63, 3.8) is 0 Å². The van der Waals surface area contributed by atoms with Crippen LogP contribution >= 0.6 is 0 Å². The highest BCUT2D eigenvalue weighted by atomic mass is 16.5. The number of aliphatic carboxylic acids is 2. The molecule has 2 bridgehead atoms. The summed E-state index contributed by atoms with van der Waals surface area (Å²) in [6, 6.07) is 0. The van der Waals surface area contributed by atoms with E-state index in [2.05, 4.69) is 13.8 Å². The van der Waals surface area contributed by atoms with Crippen molar-refractivity contribution in [2.75, 3.05) is 0 Å². The summed E-state index contributed by atoms with van der Waals surface area (Å²) in [5.74, 6) is -1.07. The maximum Gasteiger partial charge on any atom is 0.309 e. The van der Waals surface area contributed by atoms with E-state index in [0.29, 0.717) is 12.3 Å². The third kappa shape index (κ3) is 2.07. The van der Waals surface area contributed by atoms with E-state index < -0.39 is 17.4 Å². The van der Waals surface area contributed by atoms with Gasteiger partial charge in [-0.25, -0.2) is 0 Å². The van der Waals surface area contributed by atoms with E-state index in [1.54, 1.807) is 0 Å². The van der Waals surface area contributed by atoms with Crippen LogP contribution in [0.3, 0.4) is 0 Å². The lowest BCUT2D eigenvalue weighted by atomic mass is 9.39. The minimum absolute atomic E-state index is 0.0263. The molecule has 2 aliphatic heterocycles. The van der Waals surface area contributed by atoms with Crippen LogP contribution in [0.15, 0.2) is 11.1 Å². The number of carbonyl (C=O) groups is 2. The van der Waals surface area contributed by atoms with Gasteiger partial charge in [-0.15, -0.1) is 0 Å². The Bertz CT molecular complexity index is 786. The normalized spacial score (nSPS) is 52.0. The number of ether oxygens (including phenoxy) is 1. The highest BCUT2D eigenvalue weighted by Gasteiger charge is 2.66. The first-order chi connectivity index (χ1) is 13.1. The van der Waals surface area contributed by atoms with Crippen molar-refractivity contribution >= 4 is 11.9 Å². The Kier molecular flexibility index (Phi) is 3.74. The van der Waals surface area contributed by atoms with Crippen molar-refractivity contribution in [3.05, 3.63) is 11.1 Å². The predicted molar refractivity (Wildman–Crippen MR) is 103 cm³/mol. The number of carboxylic acids is 2. The minimum Gasteiger partial charge on any atom is -0.481 e. The van der Waals surface area contributed by atoms with E-state index in [0.717, 1.165) is 44.9 Å². The predicted octanol–water partition coefficient (Wildman–Crippen LogP) is 4.26. The fourth-order valence-electron chi connectivity index (χ4n) is 8.65. The van der Waals surface area contributed by atoms with Gasteiger partial charge in [0.15, 0.2) is 0 Å². The van der Waals surface area contributed by atoms with Crippen molar-refractivity contribution in [2.45, 2.75) is 84.3 Å². The van der Waals surface area contributed by atoms with Crippen LogP contribution in [0.4, 0.5) is 0 Å². The fourth-order valence-corrected chi connectivity index (χ4v) is 8.65. The molecule has 8 atom stereocenters. The third-order valence-electron chi connectivity index (χ3n) is 9.77. The molecule has 2 N–H and O–H groups in total. The van der Waals surface area contributed by atoms with Gasteiger partial charge in [0.25, 0.3) is 0 Å². The van der Waals surface area contributed by atoms with E-state index in [1.165, 1.54) is 11.1 Å². The van der Waals surface area contributed by atoms with Gasteiger partial charge in [-0.2, -0.15) is 0 Å². The van der Waals surface area contributed by atoms with E-state index in [-0.39, 0.29) is 34.9 Å². The lowest BCUT2D eigenvalue weighted by molar-refractivity contribution is -0.175. The van der Waals surface area contributed by atoms with Crippen LogP contribution in [0.2, 0.25) is 0 Å². The average Bonchev–Trinajstić information content (AvgIpc) is 3.20. The van der Waals surface area contributed by atoms with Crippen molar-refractivity contribution in [1.29, 1.82) is 0 Å². The molecule has 28 heavy (non-hydrogen) atoms. The number of hydrogen-bond donors (Lipinski definition) is 2. The van der Waals surface area contributed by atoms with Crippen LogP contribution in [0.5, 0.6) is 0 Å². The molecule has 5 aliphatic rings. The quantitative estimate of drug-likeness (QED) is 0.691. The molecule has 1 saturated heterocycles. The zero-order chi connectivity index (χ0) is 20.1. The zero-order valence-corrected chi connectivity index (χ0v) is 17.2. The topological polar surface area (TPSA) is 83.8 Å². The lowest BCUT2D eigenvalue weighted by Crippen LogP contribution is -2.59. The number of rotatable bonds is 2. The lowest BCUT2D eigenvalue weighted by Gasteiger charge is -2.64. The SMILES string of the molecule is CC1(C(=O)O)CCC[C@@]2(C)C1CC[C@@]1(C)C3=C(CCC21)[C@H]1O[C@H]3C[C@@H]1C(=O)O. The highest BCUT2D eigenvalue weighted by molar-refractivity contribution is 5.75. The molecular weight excluding hydrogens is 356 g/mol. The Morgan fingerprint density at radius 3 is 2.46 bits per heavy atom. The first-order valence-corrected chi connectivity index (χ1v) is 11.0. The van der Waals surface area contributed by atoms with E-state index in [1.807, 2.05) is 6.92 Å². The monoisotopic (exact) mass is 388 g/mol. The minimum atomic E-state index is -0.730. The fraction of sp³-hybridized carbons (Fsp3) is 0.826.